The second-order valence-electron chi connectivity index (χ2n) is 9.38. The minimum absolute atomic E-state index is 0.0407. The highest BCUT2D eigenvalue weighted by Gasteiger charge is 2.71. The van der Waals surface area contributed by atoms with Gasteiger partial charge in [-0.15, -0.1) is 0 Å². The molecule has 0 radical (unpaired) electrons. The summed E-state index contributed by atoms with van der Waals surface area (Å²) in [6, 6.07) is 0. The Morgan fingerprint density at radius 1 is 1.38 bits per heavy atom. The van der Waals surface area contributed by atoms with Crippen LogP contribution in [0.25, 0.3) is 0 Å². The number of rotatable bonds is 5. The van der Waals surface area contributed by atoms with E-state index in [2.05, 4.69) is 20.4 Å². The van der Waals surface area contributed by atoms with Gasteiger partial charge in [-0.2, -0.15) is 0 Å². The lowest BCUT2D eigenvalue weighted by atomic mass is 9.46. The molecule has 4 heteroatoms. The molecular weight excluding hydrogens is 328 g/mol. The van der Waals surface area contributed by atoms with Gasteiger partial charge in [0.15, 0.2) is 0 Å². The van der Waals surface area contributed by atoms with Gasteiger partial charge in [0.2, 0.25) is 0 Å². The molecule has 0 aromatic rings. The van der Waals surface area contributed by atoms with Crippen LogP contribution in [-0.2, 0) is 14.3 Å². The Labute approximate surface area is 156 Å². The Morgan fingerprint density at radius 3 is 2.81 bits per heavy atom. The molecule has 1 N–H and O–H groups in total. The number of ether oxygens (including phenoxy) is 2. The number of aliphatic hydroxyl groups is 1. The number of aliphatic hydroxyl groups excluding tert-OH is 1. The number of carbonyl (C=O) groups excluding carboxylic acids is 1. The van der Waals surface area contributed by atoms with E-state index in [9.17, 15) is 9.90 Å². The van der Waals surface area contributed by atoms with Gasteiger partial charge in [0, 0.05) is 12.3 Å². The number of hydrogen-bond acceptors (Lipinski definition) is 4. The van der Waals surface area contributed by atoms with Crippen molar-refractivity contribution in [2.75, 3.05) is 6.61 Å². The summed E-state index contributed by atoms with van der Waals surface area (Å²) in [6.07, 6.45) is 5.34. The lowest BCUT2D eigenvalue weighted by Crippen LogP contribution is -2.57. The first-order valence-electron chi connectivity index (χ1n) is 10.1. The van der Waals surface area contributed by atoms with Crippen molar-refractivity contribution in [1.82, 2.24) is 0 Å². The van der Waals surface area contributed by atoms with E-state index in [4.69, 9.17) is 9.47 Å². The Balaban J connectivity index is 1.42. The van der Waals surface area contributed by atoms with Crippen LogP contribution in [-0.4, -0.2) is 36.0 Å². The third-order valence-electron chi connectivity index (χ3n) is 7.93. The van der Waals surface area contributed by atoms with E-state index in [1.807, 2.05) is 13.0 Å². The molecule has 4 fully saturated rings. The molecule has 0 amide bonds. The average molecular weight is 360 g/mol. The van der Waals surface area contributed by atoms with Gasteiger partial charge in [-0.25, -0.2) is 0 Å². The van der Waals surface area contributed by atoms with E-state index in [-0.39, 0.29) is 29.7 Å². The summed E-state index contributed by atoms with van der Waals surface area (Å²) in [5.74, 6) is 2.87. The molecule has 144 valence electrons. The fraction of sp³-hybridized carbons (Fsp3) is 0.773. The van der Waals surface area contributed by atoms with Crippen LogP contribution in [0.2, 0.25) is 0 Å². The molecule has 2 unspecified atom stereocenters. The van der Waals surface area contributed by atoms with Crippen LogP contribution in [0.15, 0.2) is 23.8 Å². The van der Waals surface area contributed by atoms with Gasteiger partial charge in [-0.05, 0) is 60.5 Å². The van der Waals surface area contributed by atoms with E-state index in [0.29, 0.717) is 24.4 Å². The molecule has 0 aromatic carbocycles. The van der Waals surface area contributed by atoms with Crippen LogP contribution in [0, 0.1) is 35.0 Å². The molecule has 4 rings (SSSR count). The lowest BCUT2D eigenvalue weighted by Gasteiger charge is -2.58. The first kappa shape index (κ1) is 18.2. The van der Waals surface area contributed by atoms with Crippen LogP contribution in [0.1, 0.15) is 47.0 Å². The van der Waals surface area contributed by atoms with Crippen molar-refractivity contribution in [3.8, 4) is 0 Å². The van der Waals surface area contributed by atoms with Crippen LogP contribution in [0.3, 0.4) is 0 Å². The zero-order chi connectivity index (χ0) is 18.8. The lowest BCUT2D eigenvalue weighted by molar-refractivity contribution is -0.143. The molecule has 1 heterocycles. The van der Waals surface area contributed by atoms with Crippen molar-refractivity contribution in [3.63, 3.8) is 0 Å². The number of esters is 1. The molecule has 0 aromatic heterocycles. The minimum Gasteiger partial charge on any atom is -0.461 e. The molecule has 3 saturated carbocycles. The zero-order valence-corrected chi connectivity index (χ0v) is 16.4. The quantitative estimate of drug-likeness (QED) is 0.463. The van der Waals surface area contributed by atoms with E-state index < -0.39 is 0 Å². The Morgan fingerprint density at radius 2 is 2.12 bits per heavy atom. The summed E-state index contributed by atoms with van der Waals surface area (Å²) >= 11 is 0. The summed E-state index contributed by atoms with van der Waals surface area (Å²) < 4.78 is 10.9. The monoisotopic (exact) mass is 360 g/mol. The highest BCUT2D eigenvalue weighted by Crippen LogP contribution is 2.73. The average Bonchev–Trinajstić information content (AvgIpc) is 3.19. The Bertz CT molecular complexity index is 653. The summed E-state index contributed by atoms with van der Waals surface area (Å²) in [7, 11) is 0. The summed E-state index contributed by atoms with van der Waals surface area (Å²) in [5, 5.41) is 10.8. The fourth-order valence-corrected chi connectivity index (χ4v) is 6.60. The molecule has 0 spiro atoms. The van der Waals surface area contributed by atoms with Gasteiger partial charge < -0.3 is 14.6 Å². The molecule has 26 heavy (non-hydrogen) atoms. The Hall–Kier alpha value is -1.13. The van der Waals surface area contributed by atoms with E-state index in [1.54, 1.807) is 0 Å². The van der Waals surface area contributed by atoms with Gasteiger partial charge in [0.1, 0.15) is 18.8 Å². The topological polar surface area (TPSA) is 59.1 Å². The van der Waals surface area contributed by atoms with Crippen LogP contribution in [0.4, 0.5) is 0 Å². The molecule has 1 aliphatic heterocycles. The minimum atomic E-state index is -0.264. The first-order valence-corrected chi connectivity index (χ1v) is 10.1. The number of fused-ring (bicyclic) bond motifs is 4. The standard InChI is InChI=1S/C22H32O4/c1-11(10-25-14(4)23)8-17-21(26-17)13(3)15-9-18(24)22(5)16-7-6-12(2)19(16)20(15)22/h8,12,15-21,24H,3,6-7,9-10H2,1-2,4-5H3/b11-8+/t12-,15+,16+,17?,18-,19-,20+,21?,22+/m1/s1. The van der Waals surface area contributed by atoms with Gasteiger partial charge in [-0.1, -0.05) is 32.9 Å². The molecular formula is C22H32O4. The maximum Gasteiger partial charge on any atom is 0.302 e. The SMILES string of the molecule is C=C(C1OC1/C=C(\C)COC(C)=O)[C@@H]1C[C@@H](O)[C@@]2(C)[C@@H]1[C@@H]1[C@H](C)CC[C@@H]12. The van der Waals surface area contributed by atoms with Crippen molar-refractivity contribution in [1.29, 1.82) is 0 Å². The van der Waals surface area contributed by atoms with Gasteiger partial charge >= 0.3 is 5.97 Å². The first-order chi connectivity index (χ1) is 12.2. The van der Waals surface area contributed by atoms with Crippen molar-refractivity contribution < 1.29 is 19.4 Å². The summed E-state index contributed by atoms with van der Waals surface area (Å²) in [5.41, 5.74) is 2.25. The smallest absolute Gasteiger partial charge is 0.302 e. The predicted octanol–water partition coefficient (Wildman–Crippen LogP) is 3.50. The van der Waals surface area contributed by atoms with Gasteiger partial charge in [0.05, 0.1) is 6.10 Å². The highest BCUT2D eigenvalue weighted by molar-refractivity contribution is 5.66. The van der Waals surface area contributed by atoms with Crippen LogP contribution >= 0.6 is 0 Å². The molecule has 3 aliphatic carbocycles. The second-order valence-corrected chi connectivity index (χ2v) is 9.38. The maximum absolute atomic E-state index is 10.9. The largest absolute Gasteiger partial charge is 0.461 e. The molecule has 0 bridgehead atoms. The fourth-order valence-electron chi connectivity index (χ4n) is 6.60. The summed E-state index contributed by atoms with van der Waals surface area (Å²) in [4.78, 5) is 10.9. The van der Waals surface area contributed by atoms with E-state index in [1.165, 1.54) is 19.8 Å². The summed E-state index contributed by atoms with van der Waals surface area (Å²) in [6.45, 7) is 12.8. The number of epoxide rings is 1. The molecule has 1 saturated heterocycles. The van der Waals surface area contributed by atoms with E-state index >= 15 is 0 Å². The van der Waals surface area contributed by atoms with Crippen molar-refractivity contribution in [2.45, 2.75) is 65.3 Å². The molecule has 4 nitrogen and oxygen atoms in total. The van der Waals surface area contributed by atoms with Crippen LogP contribution in [0.5, 0.6) is 0 Å². The zero-order valence-electron chi connectivity index (χ0n) is 16.4. The normalized spacial score (nSPS) is 49.2. The molecule has 4 aliphatic rings. The van der Waals surface area contributed by atoms with Crippen molar-refractivity contribution in [3.05, 3.63) is 23.8 Å². The third-order valence-corrected chi connectivity index (χ3v) is 7.93. The molecule has 9 atom stereocenters. The van der Waals surface area contributed by atoms with E-state index in [0.717, 1.165) is 29.4 Å². The number of hydrogen-bond donors (Lipinski definition) is 1. The van der Waals surface area contributed by atoms with Gasteiger partial charge in [-0.3, -0.25) is 4.79 Å². The van der Waals surface area contributed by atoms with Crippen molar-refractivity contribution in [2.24, 2.45) is 35.0 Å². The third kappa shape index (κ3) is 2.60. The Kier molecular flexibility index (Phi) is 4.35. The number of carbonyl (C=O) groups is 1. The van der Waals surface area contributed by atoms with Crippen molar-refractivity contribution >= 4 is 5.97 Å². The predicted molar refractivity (Wildman–Crippen MR) is 99.3 cm³/mol. The maximum atomic E-state index is 10.9. The highest BCUT2D eigenvalue weighted by atomic mass is 16.6. The second kappa shape index (κ2) is 6.20. The van der Waals surface area contributed by atoms with Gasteiger partial charge in [0.25, 0.3) is 0 Å². The van der Waals surface area contributed by atoms with Crippen LogP contribution < -0.4 is 0 Å².